The summed E-state index contributed by atoms with van der Waals surface area (Å²) in [5.74, 6) is 0.923. The Labute approximate surface area is 175 Å². The molecule has 0 bridgehead atoms. The van der Waals surface area contributed by atoms with Crippen molar-refractivity contribution >= 4 is 22.2 Å². The average molecular weight is 405 g/mol. The summed E-state index contributed by atoms with van der Waals surface area (Å²) < 4.78 is 5.31. The number of benzene rings is 2. The minimum Gasteiger partial charge on any atom is -0.497 e. The number of anilines is 1. The smallest absolute Gasteiger partial charge is 0.256 e. The van der Waals surface area contributed by atoms with Crippen molar-refractivity contribution in [3.63, 3.8) is 0 Å². The van der Waals surface area contributed by atoms with Gasteiger partial charge >= 0.3 is 0 Å². The molecule has 4 nitrogen and oxygen atoms in total. The highest BCUT2D eigenvalue weighted by Gasteiger charge is 2.37. The summed E-state index contributed by atoms with van der Waals surface area (Å²) in [4.78, 5) is 16.9. The van der Waals surface area contributed by atoms with Gasteiger partial charge in [-0.05, 0) is 54.5 Å². The molecule has 1 N–H and O–H groups in total. The summed E-state index contributed by atoms with van der Waals surface area (Å²) in [6, 6.07) is 18.4. The predicted molar refractivity (Wildman–Crippen MR) is 117 cm³/mol. The number of amides is 1. The third-order valence-corrected chi connectivity index (χ3v) is 7.18. The highest BCUT2D eigenvalue weighted by Crippen LogP contribution is 2.45. The summed E-state index contributed by atoms with van der Waals surface area (Å²) in [7, 11) is 1.68. The van der Waals surface area contributed by atoms with Crippen molar-refractivity contribution in [1.82, 2.24) is 5.32 Å². The van der Waals surface area contributed by atoms with E-state index >= 15 is 0 Å². The molecule has 5 rings (SSSR count). The molecule has 0 fully saturated rings. The Morgan fingerprint density at radius 1 is 1.07 bits per heavy atom. The van der Waals surface area contributed by atoms with Gasteiger partial charge in [0.1, 0.15) is 16.9 Å². The molecule has 0 radical (unpaired) electrons. The molecule has 148 valence electrons. The number of ether oxygens (including phenoxy) is 1. The average Bonchev–Trinajstić information content (AvgIpc) is 3.17. The van der Waals surface area contributed by atoms with Crippen LogP contribution in [0.25, 0.3) is 0 Å². The minimum absolute atomic E-state index is 0.0687. The van der Waals surface area contributed by atoms with E-state index in [-0.39, 0.29) is 12.1 Å². The van der Waals surface area contributed by atoms with Gasteiger partial charge in [0.05, 0.1) is 12.7 Å². The van der Waals surface area contributed by atoms with Crippen LogP contribution in [-0.2, 0) is 19.4 Å². The first-order chi connectivity index (χ1) is 14.2. The number of nitrogens with zero attached hydrogens (tertiary/aromatic N) is 1. The predicted octanol–water partition coefficient (Wildman–Crippen LogP) is 5.08. The summed E-state index contributed by atoms with van der Waals surface area (Å²) in [6.45, 7) is 0.732. The van der Waals surface area contributed by atoms with Gasteiger partial charge < -0.3 is 15.0 Å². The van der Waals surface area contributed by atoms with Crippen LogP contribution in [0.2, 0.25) is 0 Å². The molecule has 1 atom stereocenters. The van der Waals surface area contributed by atoms with Gasteiger partial charge in [-0.3, -0.25) is 4.79 Å². The molecule has 0 saturated carbocycles. The zero-order valence-corrected chi connectivity index (χ0v) is 17.3. The van der Waals surface area contributed by atoms with Crippen LogP contribution in [0.3, 0.4) is 0 Å². The van der Waals surface area contributed by atoms with Crippen LogP contribution in [0.5, 0.6) is 5.75 Å². The van der Waals surface area contributed by atoms with Crippen molar-refractivity contribution in [3.8, 4) is 5.75 Å². The number of hydrogen-bond donors (Lipinski definition) is 1. The monoisotopic (exact) mass is 404 g/mol. The number of methoxy groups -OCH3 is 1. The van der Waals surface area contributed by atoms with Crippen LogP contribution in [0, 0.1) is 0 Å². The first-order valence-electron chi connectivity index (χ1n) is 10.1. The molecule has 0 unspecified atom stereocenters. The van der Waals surface area contributed by atoms with Crippen molar-refractivity contribution in [2.45, 2.75) is 38.4 Å². The van der Waals surface area contributed by atoms with Crippen LogP contribution in [-0.4, -0.2) is 13.0 Å². The second kappa shape index (κ2) is 7.56. The molecular formula is C24H24N2O2S. The number of carbonyl (C=O) groups is 1. The van der Waals surface area contributed by atoms with Crippen molar-refractivity contribution in [2.75, 3.05) is 12.0 Å². The molecule has 0 spiro atoms. The molecule has 1 aliphatic heterocycles. The fourth-order valence-electron chi connectivity index (χ4n) is 4.37. The number of aryl methyl sites for hydroxylation is 1. The van der Waals surface area contributed by atoms with Gasteiger partial charge in [-0.25, -0.2) is 0 Å². The van der Waals surface area contributed by atoms with E-state index in [1.54, 1.807) is 7.11 Å². The molecule has 5 heteroatoms. The maximum atomic E-state index is 13.1. The molecule has 1 aliphatic carbocycles. The molecule has 2 aliphatic rings. The third-order valence-electron chi connectivity index (χ3n) is 5.85. The van der Waals surface area contributed by atoms with E-state index < -0.39 is 0 Å². The summed E-state index contributed by atoms with van der Waals surface area (Å²) in [5, 5.41) is 4.40. The van der Waals surface area contributed by atoms with Gasteiger partial charge in [0, 0.05) is 11.4 Å². The van der Waals surface area contributed by atoms with Crippen LogP contribution >= 0.6 is 11.3 Å². The largest absolute Gasteiger partial charge is 0.497 e. The van der Waals surface area contributed by atoms with E-state index in [9.17, 15) is 4.79 Å². The number of hydrogen-bond acceptors (Lipinski definition) is 4. The summed E-state index contributed by atoms with van der Waals surface area (Å²) in [6.07, 6.45) is 4.32. The van der Waals surface area contributed by atoms with Crippen LogP contribution in [0.4, 0.5) is 5.00 Å². The quantitative estimate of drug-likeness (QED) is 0.659. The van der Waals surface area contributed by atoms with Crippen molar-refractivity contribution in [2.24, 2.45) is 0 Å². The van der Waals surface area contributed by atoms with Crippen molar-refractivity contribution in [1.29, 1.82) is 0 Å². The minimum atomic E-state index is -0.168. The fourth-order valence-corrected chi connectivity index (χ4v) is 5.78. The lowest BCUT2D eigenvalue weighted by atomic mass is 9.94. The molecule has 1 amide bonds. The molecule has 3 aromatic rings. The lowest BCUT2D eigenvalue weighted by Gasteiger charge is -2.38. The maximum absolute atomic E-state index is 13.1. The Bertz CT molecular complexity index is 1030. The summed E-state index contributed by atoms with van der Waals surface area (Å²) >= 11 is 1.82. The number of nitrogens with one attached hydrogen (secondary N) is 1. The van der Waals surface area contributed by atoms with E-state index in [0.29, 0.717) is 0 Å². The molecule has 2 heterocycles. The van der Waals surface area contributed by atoms with Gasteiger partial charge in [-0.2, -0.15) is 0 Å². The number of rotatable bonds is 4. The Balaban J connectivity index is 1.59. The van der Waals surface area contributed by atoms with Gasteiger partial charge in [0.25, 0.3) is 5.91 Å². The molecule has 0 saturated heterocycles. The van der Waals surface area contributed by atoms with Crippen LogP contribution < -0.4 is 15.0 Å². The van der Waals surface area contributed by atoms with Gasteiger partial charge in [0.2, 0.25) is 0 Å². The van der Waals surface area contributed by atoms with Crippen LogP contribution in [0.15, 0.2) is 54.6 Å². The van der Waals surface area contributed by atoms with Gasteiger partial charge in [-0.15, -0.1) is 11.3 Å². The number of fused-ring (bicyclic) bond motifs is 3. The van der Waals surface area contributed by atoms with Crippen molar-refractivity contribution < 1.29 is 9.53 Å². The van der Waals surface area contributed by atoms with Gasteiger partial charge in [-0.1, -0.05) is 42.5 Å². The van der Waals surface area contributed by atoms with Crippen LogP contribution in [0.1, 0.15) is 50.9 Å². The molecule has 2 aromatic carbocycles. The maximum Gasteiger partial charge on any atom is 0.256 e. The summed E-state index contributed by atoms with van der Waals surface area (Å²) in [5.41, 5.74) is 4.48. The van der Waals surface area contributed by atoms with E-state index in [2.05, 4.69) is 34.5 Å². The highest BCUT2D eigenvalue weighted by molar-refractivity contribution is 7.16. The Hall–Kier alpha value is -2.79. The lowest BCUT2D eigenvalue weighted by molar-refractivity contribution is 0.0925. The third kappa shape index (κ3) is 3.29. The zero-order chi connectivity index (χ0) is 19.8. The molecule has 1 aromatic heterocycles. The molecular weight excluding hydrogens is 380 g/mol. The van der Waals surface area contributed by atoms with E-state index in [1.807, 2.05) is 41.7 Å². The van der Waals surface area contributed by atoms with E-state index in [4.69, 9.17) is 4.74 Å². The second-order valence-corrected chi connectivity index (χ2v) is 8.74. The fraction of sp³-hybridized carbons (Fsp3) is 0.292. The van der Waals surface area contributed by atoms with E-state index in [1.165, 1.54) is 28.8 Å². The SMILES string of the molecule is COc1ccc(CN2c3sc4c(c3C(=O)N[C@@H]2c2ccccc2)CCCC4)cc1. The Kier molecular flexibility index (Phi) is 4.76. The first-order valence-corrected chi connectivity index (χ1v) is 11.0. The standard InChI is InChI=1S/C24H24N2O2S/c1-28-18-13-11-16(12-14-18)15-26-22(17-7-3-2-4-8-17)25-23(27)21-19-9-5-6-10-20(19)29-24(21)26/h2-4,7-8,11-14,22H,5-6,9-10,15H2,1H3,(H,25,27)/t22-/m0/s1. The van der Waals surface area contributed by atoms with Crippen molar-refractivity contribution in [3.05, 3.63) is 81.7 Å². The van der Waals surface area contributed by atoms with E-state index in [0.717, 1.165) is 41.3 Å². The topological polar surface area (TPSA) is 41.6 Å². The zero-order valence-electron chi connectivity index (χ0n) is 16.5. The first kappa shape index (κ1) is 18.3. The lowest BCUT2D eigenvalue weighted by Crippen LogP contribution is -2.45. The Morgan fingerprint density at radius 3 is 2.59 bits per heavy atom. The number of thiophene rings is 1. The normalized spacial score (nSPS) is 18.0. The highest BCUT2D eigenvalue weighted by atomic mass is 32.1. The second-order valence-electron chi connectivity index (χ2n) is 7.65. The van der Waals surface area contributed by atoms with Gasteiger partial charge in [0.15, 0.2) is 0 Å². The Morgan fingerprint density at radius 2 is 1.83 bits per heavy atom. The number of carbonyl (C=O) groups excluding carboxylic acids is 1. The molecule has 29 heavy (non-hydrogen) atoms.